The third-order valence-corrected chi connectivity index (χ3v) is 7.10. The summed E-state index contributed by atoms with van der Waals surface area (Å²) in [5, 5.41) is 0. The Hall–Kier alpha value is -4.64. The zero-order valence-corrected chi connectivity index (χ0v) is 24.2. The second kappa shape index (κ2) is 12.7. The van der Waals surface area contributed by atoms with Crippen LogP contribution in [0, 0.1) is 0 Å². The van der Waals surface area contributed by atoms with Crippen LogP contribution in [0.5, 0.6) is 23.0 Å². The van der Waals surface area contributed by atoms with Crippen LogP contribution in [0.4, 0.5) is 0 Å². The fourth-order valence-corrected chi connectivity index (χ4v) is 5.45. The van der Waals surface area contributed by atoms with Crippen molar-refractivity contribution < 1.29 is 33.3 Å². The largest absolute Gasteiger partial charge is 0.493 e. The Morgan fingerprint density at radius 2 is 1.80 bits per heavy atom. The SMILES string of the molecule is C=CCOC(=O)C1=C(C)N=c2s/c(=C\c3ccc(OC(C)=O)c(OCC)c3)c(=O)n2[C@@H]1c1ccc(OC)c(OC)c1. The van der Waals surface area contributed by atoms with Crippen molar-refractivity contribution in [2.24, 2.45) is 4.99 Å². The molecular weight excluding hydrogens is 548 g/mol. The fraction of sp³-hybridized carbons (Fsp3) is 0.267. The van der Waals surface area contributed by atoms with Gasteiger partial charge in [-0.1, -0.05) is 36.1 Å². The van der Waals surface area contributed by atoms with Gasteiger partial charge in [-0.05, 0) is 55.3 Å². The summed E-state index contributed by atoms with van der Waals surface area (Å²) >= 11 is 1.19. The number of ether oxygens (including phenoxy) is 5. The van der Waals surface area contributed by atoms with Gasteiger partial charge in [0.25, 0.3) is 5.56 Å². The molecule has 1 atom stereocenters. The van der Waals surface area contributed by atoms with Crippen molar-refractivity contribution in [3.63, 3.8) is 0 Å². The monoisotopic (exact) mass is 578 g/mol. The molecular formula is C30H30N2O8S. The molecule has 0 saturated heterocycles. The molecule has 0 spiro atoms. The van der Waals surface area contributed by atoms with Gasteiger partial charge in [-0.2, -0.15) is 0 Å². The van der Waals surface area contributed by atoms with E-state index in [-0.39, 0.29) is 23.5 Å². The Labute approximate surface area is 240 Å². The zero-order valence-electron chi connectivity index (χ0n) is 23.4. The number of hydrogen-bond acceptors (Lipinski definition) is 10. The van der Waals surface area contributed by atoms with Gasteiger partial charge in [0.15, 0.2) is 27.8 Å². The Balaban J connectivity index is 1.91. The van der Waals surface area contributed by atoms with Crippen LogP contribution in [0.15, 0.2) is 70.1 Å². The van der Waals surface area contributed by atoms with Gasteiger partial charge in [0.2, 0.25) is 0 Å². The molecule has 3 aromatic rings. The van der Waals surface area contributed by atoms with E-state index in [0.29, 0.717) is 50.0 Å². The topological polar surface area (TPSA) is 115 Å². The smallest absolute Gasteiger partial charge is 0.338 e. The predicted molar refractivity (Wildman–Crippen MR) is 153 cm³/mol. The van der Waals surface area contributed by atoms with E-state index in [9.17, 15) is 14.4 Å². The number of benzene rings is 2. The van der Waals surface area contributed by atoms with Gasteiger partial charge < -0.3 is 23.7 Å². The molecule has 1 aliphatic heterocycles. The number of rotatable bonds is 10. The van der Waals surface area contributed by atoms with Crippen LogP contribution < -0.4 is 33.8 Å². The molecule has 0 unspecified atom stereocenters. The van der Waals surface area contributed by atoms with E-state index in [1.807, 2.05) is 6.92 Å². The number of hydrogen-bond donors (Lipinski definition) is 0. The van der Waals surface area contributed by atoms with Crippen LogP contribution in [0.1, 0.15) is 37.9 Å². The zero-order chi connectivity index (χ0) is 29.7. The summed E-state index contributed by atoms with van der Waals surface area (Å²) in [5.74, 6) is 0.516. The third-order valence-electron chi connectivity index (χ3n) is 6.12. The second-order valence-corrected chi connectivity index (χ2v) is 9.83. The van der Waals surface area contributed by atoms with Crippen molar-refractivity contribution in [2.75, 3.05) is 27.4 Å². The summed E-state index contributed by atoms with van der Waals surface area (Å²) in [5.41, 5.74) is 1.56. The second-order valence-electron chi connectivity index (χ2n) is 8.82. The Bertz CT molecular complexity index is 1720. The van der Waals surface area contributed by atoms with Crippen LogP contribution >= 0.6 is 11.3 Å². The first-order valence-electron chi connectivity index (χ1n) is 12.7. The average molecular weight is 579 g/mol. The molecule has 0 aliphatic carbocycles. The number of carbonyl (C=O) groups is 2. The molecule has 2 heterocycles. The van der Waals surface area contributed by atoms with E-state index in [0.717, 1.165) is 0 Å². The molecule has 2 aromatic carbocycles. The summed E-state index contributed by atoms with van der Waals surface area (Å²) in [6, 6.07) is 9.39. The van der Waals surface area contributed by atoms with E-state index >= 15 is 0 Å². The van der Waals surface area contributed by atoms with Gasteiger partial charge in [-0.3, -0.25) is 14.2 Å². The summed E-state index contributed by atoms with van der Waals surface area (Å²) in [4.78, 5) is 43.7. The standard InChI is InChI=1S/C30H30N2O8S/c1-7-13-39-29(35)26-17(3)31-30-32(27(26)20-10-12-21(36-5)23(16-20)37-6)28(34)25(41-30)15-19-9-11-22(40-18(4)33)24(14-19)38-8-2/h7,9-12,14-16,27H,1,8,13H2,2-6H3/b25-15-/t27-/m1/s1. The fourth-order valence-electron chi connectivity index (χ4n) is 4.41. The maximum atomic E-state index is 13.9. The van der Waals surface area contributed by atoms with E-state index in [1.54, 1.807) is 49.4 Å². The third kappa shape index (κ3) is 6.09. The number of allylic oxidation sites excluding steroid dienone is 1. The number of thiazole rings is 1. The molecule has 41 heavy (non-hydrogen) atoms. The highest BCUT2D eigenvalue weighted by molar-refractivity contribution is 7.07. The molecule has 214 valence electrons. The lowest BCUT2D eigenvalue weighted by Gasteiger charge is -2.25. The highest BCUT2D eigenvalue weighted by atomic mass is 32.1. The van der Waals surface area contributed by atoms with Gasteiger partial charge in [-0.15, -0.1) is 0 Å². The molecule has 0 radical (unpaired) electrons. The normalized spacial score (nSPS) is 14.6. The number of esters is 2. The summed E-state index contributed by atoms with van der Waals surface area (Å²) in [6.45, 7) is 8.80. The van der Waals surface area contributed by atoms with E-state index < -0.39 is 18.0 Å². The van der Waals surface area contributed by atoms with Crippen LogP contribution in [-0.4, -0.2) is 43.9 Å². The number of nitrogens with zero attached hydrogens (tertiary/aromatic N) is 2. The molecule has 1 aliphatic rings. The molecule has 10 nitrogen and oxygen atoms in total. The molecule has 11 heteroatoms. The van der Waals surface area contributed by atoms with Gasteiger partial charge in [0.1, 0.15) is 6.61 Å². The number of fused-ring (bicyclic) bond motifs is 1. The summed E-state index contributed by atoms with van der Waals surface area (Å²) in [6.07, 6.45) is 3.17. The molecule has 1 aromatic heterocycles. The molecule has 0 saturated carbocycles. The number of aromatic nitrogens is 1. The molecule has 0 fully saturated rings. The minimum atomic E-state index is -0.837. The molecule has 0 N–H and O–H groups in total. The minimum absolute atomic E-state index is 0.00416. The Morgan fingerprint density at radius 3 is 2.46 bits per heavy atom. The van der Waals surface area contributed by atoms with Crippen molar-refractivity contribution in [3.8, 4) is 23.0 Å². The summed E-state index contributed by atoms with van der Waals surface area (Å²) in [7, 11) is 3.04. The highest BCUT2D eigenvalue weighted by Crippen LogP contribution is 2.36. The van der Waals surface area contributed by atoms with Crippen molar-refractivity contribution >= 4 is 29.4 Å². The van der Waals surface area contributed by atoms with Crippen molar-refractivity contribution in [2.45, 2.75) is 26.8 Å². The first kappa shape index (κ1) is 29.3. The Kier molecular flexibility index (Phi) is 9.08. The van der Waals surface area contributed by atoms with Crippen LogP contribution in [0.2, 0.25) is 0 Å². The van der Waals surface area contributed by atoms with Crippen molar-refractivity contribution in [1.82, 2.24) is 4.57 Å². The lowest BCUT2D eigenvalue weighted by atomic mass is 9.95. The van der Waals surface area contributed by atoms with Crippen LogP contribution in [0.3, 0.4) is 0 Å². The molecule has 0 bridgehead atoms. The van der Waals surface area contributed by atoms with E-state index in [1.165, 1.54) is 43.1 Å². The maximum Gasteiger partial charge on any atom is 0.338 e. The molecule has 4 rings (SSSR count). The first-order valence-corrected chi connectivity index (χ1v) is 13.5. The van der Waals surface area contributed by atoms with Crippen molar-refractivity contribution in [1.29, 1.82) is 0 Å². The highest BCUT2D eigenvalue weighted by Gasteiger charge is 2.34. The van der Waals surface area contributed by atoms with E-state index in [2.05, 4.69) is 11.6 Å². The Morgan fingerprint density at radius 1 is 1.07 bits per heavy atom. The number of methoxy groups -OCH3 is 2. The summed E-state index contributed by atoms with van der Waals surface area (Å²) < 4.78 is 29.0. The lowest BCUT2D eigenvalue weighted by Crippen LogP contribution is -2.40. The van der Waals surface area contributed by atoms with Crippen molar-refractivity contribution in [3.05, 3.63) is 91.1 Å². The number of carbonyl (C=O) groups excluding carboxylic acids is 2. The quantitative estimate of drug-likeness (QED) is 0.205. The lowest BCUT2D eigenvalue weighted by molar-refractivity contribution is -0.138. The minimum Gasteiger partial charge on any atom is -0.493 e. The van der Waals surface area contributed by atoms with Gasteiger partial charge in [-0.25, -0.2) is 9.79 Å². The van der Waals surface area contributed by atoms with Gasteiger partial charge in [0.05, 0.1) is 42.7 Å². The maximum absolute atomic E-state index is 13.9. The van der Waals surface area contributed by atoms with Crippen LogP contribution in [-0.2, 0) is 14.3 Å². The van der Waals surface area contributed by atoms with Crippen LogP contribution in [0.25, 0.3) is 6.08 Å². The average Bonchev–Trinajstić information content (AvgIpc) is 3.25. The van der Waals surface area contributed by atoms with E-state index in [4.69, 9.17) is 23.7 Å². The predicted octanol–water partition coefficient (Wildman–Crippen LogP) is 3.31. The van der Waals surface area contributed by atoms with Gasteiger partial charge in [0, 0.05) is 6.92 Å². The molecule has 0 amide bonds. The van der Waals surface area contributed by atoms with Gasteiger partial charge >= 0.3 is 11.9 Å². The first-order chi connectivity index (χ1) is 19.7.